The van der Waals surface area contributed by atoms with Crippen LogP contribution in [0.25, 0.3) is 0 Å². The second-order valence-electron chi connectivity index (χ2n) is 13.1. The molecule has 2 unspecified atom stereocenters. The molecule has 0 bridgehead atoms. The molecule has 256 valence electrons. The third kappa shape index (κ3) is 11.4. The molecule has 0 fully saturated rings. The van der Waals surface area contributed by atoms with Crippen molar-refractivity contribution >= 4 is 17.8 Å². The van der Waals surface area contributed by atoms with Crippen molar-refractivity contribution in [3.63, 3.8) is 0 Å². The molecular weight excluding hydrogens is 584 g/mol. The Bertz CT molecular complexity index is 1280. The van der Waals surface area contributed by atoms with E-state index in [0.717, 1.165) is 61.0 Å². The molecule has 0 aliphatic carbocycles. The highest BCUT2D eigenvalue weighted by molar-refractivity contribution is 5.85. The number of fused-ring (bicyclic) bond motifs is 1. The van der Waals surface area contributed by atoms with Crippen LogP contribution in [0.1, 0.15) is 125 Å². The van der Waals surface area contributed by atoms with Gasteiger partial charge in [-0.3, -0.25) is 9.59 Å². The number of unbranched alkanes of at least 4 members (excludes halogenated alkanes) is 9. The Balaban J connectivity index is 1.15. The van der Waals surface area contributed by atoms with Gasteiger partial charge in [-0.2, -0.15) is 0 Å². The summed E-state index contributed by atoms with van der Waals surface area (Å²) in [5.74, 6) is 0.499. The first-order valence-corrected chi connectivity index (χ1v) is 17.2. The van der Waals surface area contributed by atoms with Gasteiger partial charge in [0.25, 0.3) is 0 Å². The number of amides is 2. The number of nitrogens with one attached hydrogen (secondary N) is 3. The number of hydrogen-bond donors (Lipinski definition) is 4. The van der Waals surface area contributed by atoms with E-state index < -0.39 is 12.0 Å². The maximum atomic E-state index is 12.3. The van der Waals surface area contributed by atoms with E-state index in [4.69, 9.17) is 9.47 Å². The first kappa shape index (κ1) is 36.9. The van der Waals surface area contributed by atoms with Crippen LogP contribution in [-0.2, 0) is 32.0 Å². The maximum Gasteiger partial charge on any atom is 0.328 e. The lowest BCUT2D eigenvalue weighted by atomic mass is 9.84. The van der Waals surface area contributed by atoms with Crippen LogP contribution in [0.3, 0.4) is 0 Å². The number of phenols is 1. The second kappa shape index (κ2) is 18.6. The Kier molecular flexibility index (Phi) is 14.9. The molecule has 0 spiro atoms. The summed E-state index contributed by atoms with van der Waals surface area (Å²) in [6.45, 7) is 8.49. The Morgan fingerprint density at radius 3 is 2.24 bits per heavy atom. The highest BCUT2D eigenvalue weighted by Crippen LogP contribution is 2.44. The van der Waals surface area contributed by atoms with Gasteiger partial charge in [0, 0.05) is 37.6 Å². The van der Waals surface area contributed by atoms with Gasteiger partial charge < -0.3 is 30.2 Å². The molecule has 3 rings (SSSR count). The molecule has 1 aromatic heterocycles. The molecule has 0 saturated heterocycles. The minimum atomic E-state index is -0.822. The number of ether oxygens (including phenoxy) is 2. The predicted molar refractivity (Wildman–Crippen MR) is 179 cm³/mol. The van der Waals surface area contributed by atoms with Gasteiger partial charge in [-0.25, -0.2) is 9.78 Å². The summed E-state index contributed by atoms with van der Waals surface area (Å²) in [7, 11) is 1.28. The summed E-state index contributed by atoms with van der Waals surface area (Å²) in [5.41, 5.74) is 4.65. The second-order valence-corrected chi connectivity index (χ2v) is 13.1. The number of aromatic hydroxyl groups is 1. The fraction of sp³-hybridized carbons (Fsp3) is 0.667. The van der Waals surface area contributed by atoms with Crippen molar-refractivity contribution in [1.29, 1.82) is 0 Å². The number of aromatic nitrogens is 2. The smallest absolute Gasteiger partial charge is 0.328 e. The topological polar surface area (TPSA) is 143 Å². The summed E-state index contributed by atoms with van der Waals surface area (Å²) in [4.78, 5) is 43.3. The summed E-state index contributed by atoms with van der Waals surface area (Å²) < 4.78 is 11.4. The van der Waals surface area contributed by atoms with E-state index in [1.165, 1.54) is 63.9 Å². The number of carbonyl (C=O) groups excluding carboxylic acids is 3. The number of hydrogen-bond acceptors (Lipinski definition) is 7. The monoisotopic (exact) mass is 640 g/mol. The van der Waals surface area contributed by atoms with Gasteiger partial charge in [-0.15, -0.1) is 0 Å². The van der Waals surface area contributed by atoms with Crippen LogP contribution in [0.4, 0.5) is 0 Å². The van der Waals surface area contributed by atoms with Crippen molar-refractivity contribution in [1.82, 2.24) is 20.6 Å². The van der Waals surface area contributed by atoms with Crippen LogP contribution >= 0.6 is 0 Å². The third-order valence-electron chi connectivity index (χ3n) is 9.42. The highest BCUT2D eigenvalue weighted by Gasteiger charge is 2.34. The predicted octanol–water partition coefficient (Wildman–Crippen LogP) is 6.21. The summed E-state index contributed by atoms with van der Waals surface area (Å²) in [5, 5.41) is 15.9. The standard InChI is InChI=1S/C36H56N4O6/c1-25-26(2)34-29(27(3)33(25)43)17-20-36(4,46-34)19-15-13-11-9-7-6-8-10-12-14-16-31(41)38-21-18-32(42)40-30(35(44)45-5)22-28-23-37-24-39-28/h23-24,30,43H,6-22H2,1-5H3,(H,37,39)(H,38,41)(H,40,42). The van der Waals surface area contributed by atoms with Crippen LogP contribution in [0.15, 0.2) is 12.5 Å². The molecule has 0 radical (unpaired) electrons. The van der Waals surface area contributed by atoms with Crippen LogP contribution in [-0.4, -0.2) is 58.2 Å². The maximum absolute atomic E-state index is 12.3. The fourth-order valence-corrected chi connectivity index (χ4v) is 6.29. The van der Waals surface area contributed by atoms with E-state index in [-0.39, 0.29) is 36.8 Å². The Hall–Kier alpha value is -3.56. The lowest BCUT2D eigenvalue weighted by Crippen LogP contribution is -2.44. The van der Waals surface area contributed by atoms with Crippen LogP contribution in [0.5, 0.6) is 11.5 Å². The van der Waals surface area contributed by atoms with Crippen molar-refractivity contribution in [3.8, 4) is 11.5 Å². The van der Waals surface area contributed by atoms with Crippen LogP contribution in [0, 0.1) is 20.8 Å². The van der Waals surface area contributed by atoms with E-state index in [0.29, 0.717) is 17.9 Å². The van der Waals surface area contributed by atoms with Crippen molar-refractivity contribution in [3.05, 3.63) is 40.5 Å². The average Bonchev–Trinajstić information content (AvgIpc) is 3.55. The normalized spacial score (nSPS) is 16.3. The molecular formula is C36H56N4O6. The number of H-pyrrole nitrogens is 1. The molecule has 1 aliphatic heterocycles. The number of nitrogens with zero attached hydrogens (tertiary/aromatic N) is 1. The van der Waals surface area contributed by atoms with E-state index in [9.17, 15) is 19.5 Å². The largest absolute Gasteiger partial charge is 0.507 e. The van der Waals surface area contributed by atoms with Gasteiger partial charge in [-0.1, -0.05) is 51.4 Å². The van der Waals surface area contributed by atoms with E-state index in [1.54, 1.807) is 6.20 Å². The molecule has 1 aromatic carbocycles. The third-order valence-corrected chi connectivity index (χ3v) is 9.42. The number of phenolic OH excluding ortho intramolecular Hbond substituents is 1. The van der Waals surface area contributed by atoms with E-state index in [2.05, 4.69) is 34.4 Å². The van der Waals surface area contributed by atoms with Gasteiger partial charge >= 0.3 is 5.97 Å². The molecule has 2 atom stereocenters. The summed E-state index contributed by atoms with van der Waals surface area (Å²) in [6.07, 6.45) is 18.6. The molecule has 2 amide bonds. The van der Waals surface area contributed by atoms with Gasteiger partial charge in [-0.05, 0) is 76.5 Å². The van der Waals surface area contributed by atoms with Crippen molar-refractivity contribution < 1.29 is 29.0 Å². The van der Waals surface area contributed by atoms with Gasteiger partial charge in [0.2, 0.25) is 11.8 Å². The molecule has 10 nitrogen and oxygen atoms in total. The number of methoxy groups -OCH3 is 1. The van der Waals surface area contributed by atoms with E-state index in [1.807, 2.05) is 13.8 Å². The number of imidazole rings is 1. The molecule has 4 N–H and O–H groups in total. The zero-order chi connectivity index (χ0) is 33.5. The zero-order valence-electron chi connectivity index (χ0n) is 28.7. The van der Waals surface area contributed by atoms with Gasteiger partial charge in [0.1, 0.15) is 23.1 Å². The van der Waals surface area contributed by atoms with E-state index >= 15 is 0 Å². The van der Waals surface area contributed by atoms with Crippen molar-refractivity contribution in [2.24, 2.45) is 0 Å². The highest BCUT2D eigenvalue weighted by atomic mass is 16.5. The zero-order valence-corrected chi connectivity index (χ0v) is 28.7. The lowest BCUT2D eigenvalue weighted by molar-refractivity contribution is -0.145. The number of carbonyl (C=O) groups is 3. The molecule has 2 heterocycles. The SMILES string of the molecule is COC(=O)C(Cc1c[nH]cn1)NC(=O)CCNC(=O)CCCCCCCCCCCCC1(C)CCc2c(C)c(O)c(C)c(C)c2O1. The first-order valence-electron chi connectivity index (χ1n) is 17.2. The Labute approximate surface area is 274 Å². The summed E-state index contributed by atoms with van der Waals surface area (Å²) in [6, 6.07) is -0.822. The minimum absolute atomic E-state index is 0.0507. The van der Waals surface area contributed by atoms with Crippen molar-refractivity contribution in [2.75, 3.05) is 13.7 Å². The van der Waals surface area contributed by atoms with Gasteiger partial charge in [0.15, 0.2) is 0 Å². The summed E-state index contributed by atoms with van der Waals surface area (Å²) >= 11 is 0. The quantitative estimate of drug-likeness (QED) is 0.0995. The van der Waals surface area contributed by atoms with Crippen LogP contribution in [0.2, 0.25) is 0 Å². The number of benzene rings is 1. The molecule has 46 heavy (non-hydrogen) atoms. The molecule has 2 aromatic rings. The number of rotatable bonds is 20. The number of esters is 1. The lowest BCUT2D eigenvalue weighted by Gasteiger charge is -2.38. The molecule has 10 heteroatoms. The molecule has 0 saturated carbocycles. The van der Waals surface area contributed by atoms with Gasteiger partial charge in [0.05, 0.1) is 19.1 Å². The Morgan fingerprint density at radius 1 is 0.957 bits per heavy atom. The average molecular weight is 641 g/mol. The molecule has 1 aliphatic rings. The number of aromatic amines is 1. The first-order chi connectivity index (χ1) is 22.0. The van der Waals surface area contributed by atoms with Crippen molar-refractivity contribution in [2.45, 2.75) is 142 Å². The van der Waals surface area contributed by atoms with Crippen LogP contribution < -0.4 is 15.4 Å². The minimum Gasteiger partial charge on any atom is -0.507 e. The Morgan fingerprint density at radius 2 is 1.61 bits per heavy atom. The fourth-order valence-electron chi connectivity index (χ4n) is 6.29.